The lowest BCUT2D eigenvalue weighted by Crippen LogP contribution is -2.63. The molecule has 0 aliphatic carbocycles. The average Bonchev–Trinajstić information content (AvgIpc) is 3.41. The van der Waals surface area contributed by atoms with Gasteiger partial charge in [-0.25, -0.2) is 14.9 Å². The number of imide groups is 1. The van der Waals surface area contributed by atoms with Crippen LogP contribution in [0.3, 0.4) is 0 Å². The highest BCUT2D eigenvalue weighted by Crippen LogP contribution is 2.23. The molecule has 0 radical (unpaired) electrons. The van der Waals surface area contributed by atoms with Gasteiger partial charge in [0.1, 0.15) is 0 Å². The molecule has 1 aromatic heterocycles. The summed E-state index contributed by atoms with van der Waals surface area (Å²) in [5, 5.41) is 12.7. The number of nitrogens with zero attached hydrogens (tertiary/aromatic N) is 3. The van der Waals surface area contributed by atoms with Crippen LogP contribution in [0.4, 0.5) is 15.3 Å². The van der Waals surface area contributed by atoms with Gasteiger partial charge >= 0.3 is 12.1 Å². The van der Waals surface area contributed by atoms with Gasteiger partial charge in [0.25, 0.3) is 11.8 Å². The van der Waals surface area contributed by atoms with E-state index in [1.807, 2.05) is 31.2 Å². The van der Waals surface area contributed by atoms with Crippen molar-refractivity contribution in [1.82, 2.24) is 30.8 Å². The van der Waals surface area contributed by atoms with E-state index in [0.29, 0.717) is 12.1 Å². The van der Waals surface area contributed by atoms with Crippen LogP contribution < -0.4 is 20.7 Å². The molecule has 0 spiro atoms. The first-order valence-corrected chi connectivity index (χ1v) is 11.5. The normalized spacial score (nSPS) is 18.0. The molecule has 1 fully saturated rings. The Morgan fingerprint density at radius 3 is 2.44 bits per heavy atom. The molecule has 1 unspecified atom stereocenters. The molecule has 1 saturated heterocycles. The number of rotatable bonds is 9. The van der Waals surface area contributed by atoms with Gasteiger partial charge in [-0.2, -0.15) is 5.43 Å². The van der Waals surface area contributed by atoms with Crippen LogP contribution in [-0.4, -0.2) is 46.5 Å². The number of hydrogen-bond acceptors (Lipinski definition) is 7. The maximum Gasteiger partial charge on any atom is 0.455 e. The number of ketones is 1. The lowest BCUT2D eigenvalue weighted by atomic mass is 9.99. The van der Waals surface area contributed by atoms with Crippen molar-refractivity contribution in [2.45, 2.75) is 33.2 Å². The van der Waals surface area contributed by atoms with Crippen LogP contribution in [-0.2, 0) is 11.2 Å². The van der Waals surface area contributed by atoms with Crippen molar-refractivity contribution in [3.8, 4) is 0 Å². The van der Waals surface area contributed by atoms with Crippen molar-refractivity contribution < 1.29 is 23.6 Å². The summed E-state index contributed by atoms with van der Waals surface area (Å²) in [5.41, 5.74) is 4.95. The zero-order valence-electron chi connectivity index (χ0n) is 20.1. The van der Waals surface area contributed by atoms with Gasteiger partial charge in [-0.05, 0) is 18.4 Å². The summed E-state index contributed by atoms with van der Waals surface area (Å²) in [6.07, 6.45) is 0.368. The molecule has 186 valence electrons. The molecule has 11 nitrogen and oxygen atoms in total. The third-order valence-electron chi connectivity index (χ3n) is 5.82. The van der Waals surface area contributed by atoms with Crippen molar-refractivity contribution in [3.63, 3.8) is 0 Å². The fourth-order valence-corrected chi connectivity index (χ4v) is 4.04. The highest BCUT2D eigenvalue weighted by Gasteiger charge is 2.51. The number of carbonyl (C=O) groups is 4. The van der Waals surface area contributed by atoms with E-state index < -0.39 is 40.9 Å². The van der Waals surface area contributed by atoms with E-state index in [0.717, 1.165) is 11.1 Å². The third kappa shape index (κ3) is 5.15. The second-order valence-corrected chi connectivity index (χ2v) is 8.99. The molecule has 3 N–H and O–H groups in total. The molecule has 4 rings (SSSR count). The molecule has 2 heterocycles. The number of aryl methyl sites for hydroxylation is 1. The van der Waals surface area contributed by atoms with Crippen LogP contribution in [0.5, 0.6) is 0 Å². The molecule has 1 aliphatic rings. The second-order valence-electron chi connectivity index (χ2n) is 8.99. The second kappa shape index (κ2) is 10.1. The van der Waals surface area contributed by atoms with E-state index in [1.165, 1.54) is 0 Å². The van der Waals surface area contributed by atoms with Crippen molar-refractivity contribution in [1.29, 1.82) is 0 Å². The highest BCUT2D eigenvalue weighted by molar-refractivity contribution is 6.08. The molecule has 2 atom stereocenters. The van der Waals surface area contributed by atoms with Crippen LogP contribution >= 0.6 is 0 Å². The van der Waals surface area contributed by atoms with Crippen molar-refractivity contribution >= 4 is 29.4 Å². The Kier molecular flexibility index (Phi) is 6.93. The summed E-state index contributed by atoms with van der Waals surface area (Å²) in [6, 6.07) is 13.8. The summed E-state index contributed by atoms with van der Waals surface area (Å²) in [7, 11) is 0. The Labute approximate surface area is 207 Å². The minimum absolute atomic E-state index is 0.212. The molecule has 5 amide bonds. The molecule has 0 bridgehead atoms. The lowest BCUT2D eigenvalue weighted by molar-refractivity contribution is -0.122. The zero-order valence-corrected chi connectivity index (χ0v) is 20.1. The van der Waals surface area contributed by atoms with Gasteiger partial charge < -0.3 is 9.73 Å². The quantitative estimate of drug-likeness (QED) is 0.308. The number of amides is 5. The van der Waals surface area contributed by atoms with Crippen LogP contribution in [0.2, 0.25) is 0 Å². The number of aromatic nitrogens is 2. The molecule has 2 aromatic carbocycles. The van der Waals surface area contributed by atoms with E-state index in [-0.39, 0.29) is 17.7 Å². The number of benzene rings is 2. The number of urea groups is 2. The molecular formula is C25H27N6O5+. The van der Waals surface area contributed by atoms with Gasteiger partial charge in [-0.1, -0.05) is 66.5 Å². The first-order chi connectivity index (χ1) is 17.2. The molecule has 3 aromatic rings. The van der Waals surface area contributed by atoms with Gasteiger partial charge in [0.15, 0.2) is 12.2 Å². The first-order valence-electron chi connectivity index (χ1n) is 11.5. The first kappa shape index (κ1) is 24.7. The van der Waals surface area contributed by atoms with Crippen LogP contribution in [0.15, 0.2) is 59.0 Å². The summed E-state index contributed by atoms with van der Waals surface area (Å²) >= 11 is 0. The summed E-state index contributed by atoms with van der Waals surface area (Å²) in [5.74, 6) is -1.41. The summed E-state index contributed by atoms with van der Waals surface area (Å²) < 4.78 is 4.85. The number of Topliss-reactive ketones (excluding diaryl/α,β-unsaturated/α-hetero) is 1. The van der Waals surface area contributed by atoms with Crippen LogP contribution in [0, 0.1) is 12.8 Å². The predicted octanol–water partition coefficient (Wildman–Crippen LogP) is 2.65. The lowest BCUT2D eigenvalue weighted by Gasteiger charge is -2.28. The Morgan fingerprint density at radius 2 is 1.81 bits per heavy atom. The molecule has 0 saturated carbocycles. The summed E-state index contributed by atoms with van der Waals surface area (Å²) in [4.78, 5) is 50.9. The van der Waals surface area contributed by atoms with Crippen molar-refractivity contribution in [3.05, 3.63) is 77.5 Å². The smallest absolute Gasteiger partial charge is 0.418 e. The maximum absolute atomic E-state index is 13.2. The Hall–Kier alpha value is -4.38. The zero-order chi connectivity index (χ0) is 25.9. The molecule has 11 heteroatoms. The largest absolute Gasteiger partial charge is 0.455 e. The Balaban J connectivity index is 1.50. The highest BCUT2D eigenvalue weighted by atomic mass is 16.4. The minimum atomic E-state index is -0.984. The number of quaternary nitrogens is 1. The van der Waals surface area contributed by atoms with Crippen molar-refractivity contribution in [2.24, 2.45) is 5.92 Å². The van der Waals surface area contributed by atoms with Gasteiger partial charge in [-0.15, -0.1) is 10.2 Å². The standard InChI is InChI=1S/C25H26N6O5/c1-15(2)21(22(33)23-29-28-20(36-23)13-17-9-7-8-16(3)12-17)26-19(32)14-31(18-10-5-4-6-11-18)25(35)27-24(34)30-31/h4-12,15,21H,13-14H2,1-3H3,(H2-,26,27,30,32,34,35)/p+1/t21-,31?/m0/s1. The molecule has 1 aliphatic heterocycles. The monoisotopic (exact) mass is 491 g/mol. The Bertz CT molecular complexity index is 1310. The SMILES string of the molecule is Cc1cccc(Cc2nnc(C(=O)[C@@H](NC(=O)C[N+]3(c4ccccc4)NC(=O)NC3=O)C(C)C)o2)c1. The molecular weight excluding hydrogens is 464 g/mol. The van der Waals surface area contributed by atoms with E-state index >= 15 is 0 Å². The van der Waals surface area contributed by atoms with E-state index in [4.69, 9.17) is 4.42 Å². The average molecular weight is 492 g/mol. The van der Waals surface area contributed by atoms with E-state index in [9.17, 15) is 19.2 Å². The van der Waals surface area contributed by atoms with Gasteiger partial charge in [-0.3, -0.25) is 9.59 Å². The van der Waals surface area contributed by atoms with Gasteiger partial charge in [0.05, 0.1) is 12.5 Å². The number of nitrogens with one attached hydrogen (secondary N) is 3. The number of hydrogen-bond donors (Lipinski definition) is 3. The summed E-state index contributed by atoms with van der Waals surface area (Å²) in [6.45, 7) is 5.04. The fourth-order valence-electron chi connectivity index (χ4n) is 4.04. The van der Waals surface area contributed by atoms with Crippen LogP contribution in [0.25, 0.3) is 0 Å². The number of para-hydroxylation sites is 1. The molecule has 36 heavy (non-hydrogen) atoms. The fraction of sp³-hybridized carbons (Fsp3) is 0.280. The van der Waals surface area contributed by atoms with Crippen LogP contribution in [0.1, 0.15) is 41.6 Å². The maximum atomic E-state index is 13.2. The van der Waals surface area contributed by atoms with Crippen molar-refractivity contribution in [2.75, 3.05) is 6.54 Å². The van der Waals surface area contributed by atoms with Gasteiger partial charge in [0, 0.05) is 12.1 Å². The number of carbonyl (C=O) groups excluding carboxylic acids is 4. The third-order valence-corrected chi connectivity index (χ3v) is 5.82. The minimum Gasteiger partial charge on any atom is -0.418 e. The topological polar surface area (TPSA) is 143 Å². The van der Waals surface area contributed by atoms with E-state index in [1.54, 1.807) is 44.2 Å². The van der Waals surface area contributed by atoms with Gasteiger partial charge in [0.2, 0.25) is 11.7 Å². The van der Waals surface area contributed by atoms with E-state index in [2.05, 4.69) is 26.3 Å². The Morgan fingerprint density at radius 1 is 1.06 bits per heavy atom. The predicted molar refractivity (Wildman–Crippen MR) is 130 cm³/mol.